The lowest BCUT2D eigenvalue weighted by Crippen LogP contribution is -2.09. The summed E-state index contributed by atoms with van der Waals surface area (Å²) in [6, 6.07) is 2.15. The number of hydrogen-bond acceptors (Lipinski definition) is 3. The Balaban J connectivity index is 2.04. The van der Waals surface area contributed by atoms with Crippen molar-refractivity contribution in [2.45, 2.75) is 60.7 Å². The summed E-state index contributed by atoms with van der Waals surface area (Å²) in [7, 11) is 0. The zero-order valence-electron chi connectivity index (χ0n) is 13.8. The van der Waals surface area contributed by atoms with Crippen LogP contribution in [0, 0.1) is 19.8 Å². The molecule has 21 heavy (non-hydrogen) atoms. The van der Waals surface area contributed by atoms with Gasteiger partial charge in [0.2, 0.25) is 0 Å². The second-order valence-corrected chi connectivity index (χ2v) is 6.10. The molecular weight excluding hydrogens is 262 g/mol. The van der Waals surface area contributed by atoms with Gasteiger partial charge in [-0.3, -0.25) is 9.36 Å². The van der Waals surface area contributed by atoms with Crippen LogP contribution in [0.25, 0.3) is 0 Å². The van der Waals surface area contributed by atoms with Crippen molar-refractivity contribution in [2.24, 2.45) is 5.92 Å². The molecule has 0 bridgehead atoms. The molecule has 0 aliphatic heterocycles. The molecule has 5 nitrogen and oxygen atoms in total. The SMILES string of the molecule is CCCn1nc(C)cc1CNc1cn(CC(C)C)nc1C. The van der Waals surface area contributed by atoms with E-state index in [1.807, 2.05) is 18.5 Å². The summed E-state index contributed by atoms with van der Waals surface area (Å²) < 4.78 is 4.12. The first-order chi connectivity index (χ1) is 9.99. The summed E-state index contributed by atoms with van der Waals surface area (Å²) >= 11 is 0. The lowest BCUT2D eigenvalue weighted by atomic mass is 10.2. The fourth-order valence-electron chi connectivity index (χ4n) is 2.49. The highest BCUT2D eigenvalue weighted by Gasteiger charge is 2.08. The highest BCUT2D eigenvalue weighted by Crippen LogP contribution is 2.15. The van der Waals surface area contributed by atoms with Crippen molar-refractivity contribution >= 4 is 5.69 Å². The summed E-state index contributed by atoms with van der Waals surface area (Å²) in [6.45, 7) is 13.4. The van der Waals surface area contributed by atoms with Crippen molar-refractivity contribution in [3.63, 3.8) is 0 Å². The highest BCUT2D eigenvalue weighted by atomic mass is 15.3. The Morgan fingerprint density at radius 1 is 1.24 bits per heavy atom. The van der Waals surface area contributed by atoms with Crippen molar-refractivity contribution in [3.8, 4) is 0 Å². The Morgan fingerprint density at radius 3 is 2.67 bits per heavy atom. The third-order valence-corrected chi connectivity index (χ3v) is 3.38. The monoisotopic (exact) mass is 289 g/mol. The molecule has 5 heteroatoms. The third kappa shape index (κ3) is 4.09. The molecule has 0 aromatic carbocycles. The van der Waals surface area contributed by atoms with E-state index >= 15 is 0 Å². The van der Waals surface area contributed by atoms with Gasteiger partial charge in [0.05, 0.1) is 29.3 Å². The van der Waals surface area contributed by atoms with Gasteiger partial charge in [-0.25, -0.2) is 0 Å². The number of nitrogens with one attached hydrogen (secondary N) is 1. The number of aryl methyl sites for hydroxylation is 3. The molecule has 0 spiro atoms. The largest absolute Gasteiger partial charge is 0.377 e. The molecule has 0 atom stereocenters. The quantitative estimate of drug-likeness (QED) is 0.850. The van der Waals surface area contributed by atoms with Gasteiger partial charge in [-0.15, -0.1) is 0 Å². The number of anilines is 1. The van der Waals surface area contributed by atoms with Gasteiger partial charge >= 0.3 is 0 Å². The first kappa shape index (κ1) is 15.6. The van der Waals surface area contributed by atoms with Gasteiger partial charge in [0.25, 0.3) is 0 Å². The molecule has 1 N–H and O–H groups in total. The van der Waals surface area contributed by atoms with Crippen LogP contribution in [0.2, 0.25) is 0 Å². The summed E-state index contributed by atoms with van der Waals surface area (Å²) in [5.74, 6) is 0.603. The van der Waals surface area contributed by atoms with Gasteiger partial charge < -0.3 is 5.32 Å². The fraction of sp³-hybridized carbons (Fsp3) is 0.625. The predicted molar refractivity (Wildman–Crippen MR) is 86.4 cm³/mol. The van der Waals surface area contributed by atoms with E-state index in [4.69, 9.17) is 0 Å². The standard InChI is InChI=1S/C16H27N5/c1-6-7-21-15(8-13(4)18-21)9-17-16-11-20(10-12(2)3)19-14(16)5/h8,11-12,17H,6-7,9-10H2,1-5H3. The minimum absolute atomic E-state index is 0.603. The number of hydrogen-bond donors (Lipinski definition) is 1. The Labute approximate surface area is 127 Å². The molecule has 2 rings (SSSR count). The van der Waals surface area contributed by atoms with E-state index in [0.717, 1.165) is 43.1 Å². The zero-order valence-corrected chi connectivity index (χ0v) is 13.8. The molecule has 0 saturated carbocycles. The van der Waals surface area contributed by atoms with E-state index in [9.17, 15) is 0 Å². The Hall–Kier alpha value is -1.78. The van der Waals surface area contributed by atoms with E-state index in [-0.39, 0.29) is 0 Å². The number of aromatic nitrogens is 4. The lowest BCUT2D eigenvalue weighted by molar-refractivity contribution is 0.481. The van der Waals surface area contributed by atoms with Gasteiger partial charge in [-0.2, -0.15) is 10.2 Å². The van der Waals surface area contributed by atoms with Crippen LogP contribution < -0.4 is 5.32 Å². The normalized spacial score (nSPS) is 11.3. The van der Waals surface area contributed by atoms with Gasteiger partial charge in [0.1, 0.15) is 0 Å². The molecule has 2 aromatic heterocycles. The first-order valence-electron chi connectivity index (χ1n) is 7.80. The van der Waals surface area contributed by atoms with Crippen molar-refractivity contribution in [3.05, 3.63) is 29.3 Å². The van der Waals surface area contributed by atoms with Crippen molar-refractivity contribution in [1.82, 2.24) is 19.6 Å². The molecule has 2 aromatic rings. The Morgan fingerprint density at radius 2 is 2.00 bits per heavy atom. The van der Waals surface area contributed by atoms with Crippen LogP contribution in [-0.4, -0.2) is 19.6 Å². The van der Waals surface area contributed by atoms with E-state index in [1.54, 1.807) is 0 Å². The van der Waals surface area contributed by atoms with Crippen LogP contribution >= 0.6 is 0 Å². The van der Waals surface area contributed by atoms with Crippen LogP contribution in [-0.2, 0) is 19.6 Å². The summed E-state index contributed by atoms with van der Waals surface area (Å²) in [5.41, 5.74) is 4.46. The molecule has 0 aliphatic rings. The van der Waals surface area contributed by atoms with E-state index in [0.29, 0.717) is 5.92 Å². The smallest absolute Gasteiger partial charge is 0.0825 e. The second kappa shape index (κ2) is 6.78. The number of rotatable bonds is 7. The first-order valence-corrected chi connectivity index (χ1v) is 7.80. The topological polar surface area (TPSA) is 47.7 Å². The van der Waals surface area contributed by atoms with Crippen molar-refractivity contribution < 1.29 is 0 Å². The zero-order chi connectivity index (χ0) is 15.4. The summed E-state index contributed by atoms with van der Waals surface area (Å²) in [5, 5.41) is 12.6. The molecule has 2 heterocycles. The molecule has 116 valence electrons. The van der Waals surface area contributed by atoms with E-state index in [1.165, 1.54) is 5.69 Å². The van der Waals surface area contributed by atoms with Crippen LogP contribution in [0.5, 0.6) is 0 Å². The van der Waals surface area contributed by atoms with E-state index < -0.39 is 0 Å². The van der Waals surface area contributed by atoms with Gasteiger partial charge in [0, 0.05) is 19.3 Å². The maximum Gasteiger partial charge on any atom is 0.0825 e. The molecule has 0 amide bonds. The second-order valence-electron chi connectivity index (χ2n) is 6.10. The fourth-order valence-corrected chi connectivity index (χ4v) is 2.49. The molecule has 0 saturated heterocycles. The van der Waals surface area contributed by atoms with Gasteiger partial charge in [-0.05, 0) is 32.3 Å². The minimum atomic E-state index is 0.603. The molecule has 0 aliphatic carbocycles. The average Bonchev–Trinajstić information content (AvgIpc) is 2.90. The molecular formula is C16H27N5. The summed E-state index contributed by atoms with van der Waals surface area (Å²) in [4.78, 5) is 0. The predicted octanol–water partition coefficient (Wildman–Crippen LogP) is 3.37. The van der Waals surface area contributed by atoms with Crippen molar-refractivity contribution in [1.29, 1.82) is 0 Å². The molecule has 0 radical (unpaired) electrons. The number of nitrogens with zero attached hydrogens (tertiary/aromatic N) is 4. The van der Waals surface area contributed by atoms with E-state index in [2.05, 4.69) is 53.2 Å². The average molecular weight is 289 g/mol. The minimum Gasteiger partial charge on any atom is -0.377 e. The Kier molecular flexibility index (Phi) is 5.04. The van der Waals surface area contributed by atoms with Crippen molar-refractivity contribution in [2.75, 3.05) is 5.32 Å². The molecule has 0 fully saturated rings. The molecule has 0 unspecified atom stereocenters. The van der Waals surface area contributed by atoms with Gasteiger partial charge in [0.15, 0.2) is 0 Å². The highest BCUT2D eigenvalue weighted by molar-refractivity contribution is 5.45. The lowest BCUT2D eigenvalue weighted by Gasteiger charge is -2.08. The third-order valence-electron chi connectivity index (χ3n) is 3.38. The van der Waals surface area contributed by atoms with Crippen LogP contribution in [0.15, 0.2) is 12.3 Å². The van der Waals surface area contributed by atoms with Gasteiger partial charge in [-0.1, -0.05) is 20.8 Å². The van der Waals surface area contributed by atoms with Crippen LogP contribution in [0.3, 0.4) is 0 Å². The maximum atomic E-state index is 4.56. The van der Waals surface area contributed by atoms with Crippen LogP contribution in [0.1, 0.15) is 44.3 Å². The van der Waals surface area contributed by atoms with Crippen LogP contribution in [0.4, 0.5) is 5.69 Å². The summed E-state index contributed by atoms with van der Waals surface area (Å²) in [6.07, 6.45) is 3.20. The Bertz CT molecular complexity index is 580. The maximum absolute atomic E-state index is 4.56.